The summed E-state index contributed by atoms with van der Waals surface area (Å²) >= 11 is 0. The van der Waals surface area contributed by atoms with Crippen molar-refractivity contribution in [3.63, 3.8) is 0 Å². The lowest BCUT2D eigenvalue weighted by atomic mass is 10.1. The topological polar surface area (TPSA) is 32.7 Å². The first-order chi connectivity index (χ1) is 9.81. The van der Waals surface area contributed by atoms with Gasteiger partial charge < -0.3 is 9.84 Å². The number of aliphatic hydroxyl groups excluding tert-OH is 1. The molecule has 1 atom stereocenters. The summed E-state index contributed by atoms with van der Waals surface area (Å²) in [5.41, 5.74) is 2.24. The lowest BCUT2D eigenvalue weighted by molar-refractivity contribution is 0.00363. The second kappa shape index (κ2) is 8.06. The van der Waals surface area contributed by atoms with Crippen molar-refractivity contribution in [3.8, 4) is 11.8 Å². The van der Waals surface area contributed by atoms with Gasteiger partial charge in [0, 0.05) is 25.3 Å². The van der Waals surface area contributed by atoms with Gasteiger partial charge in [0.2, 0.25) is 0 Å². The third-order valence-electron chi connectivity index (χ3n) is 3.51. The standard InChI is InChI=1S/C17H23NO2/c1-2-20-17-9-4-10-18(14-17)13-16-7-3-6-15(12-16)8-5-11-19/h3,6-7,12,17,19H,2,4,9-11,13-14H2,1H3. The molecular weight excluding hydrogens is 250 g/mol. The van der Waals surface area contributed by atoms with Gasteiger partial charge in [0.05, 0.1) is 6.10 Å². The Balaban J connectivity index is 1.95. The molecule has 1 unspecified atom stereocenters. The van der Waals surface area contributed by atoms with Crippen LogP contribution in [0.25, 0.3) is 0 Å². The molecule has 0 amide bonds. The van der Waals surface area contributed by atoms with Crippen LogP contribution in [0.2, 0.25) is 0 Å². The Hall–Kier alpha value is -1.34. The van der Waals surface area contributed by atoms with Gasteiger partial charge in [-0.05, 0) is 44.0 Å². The Bertz CT molecular complexity index is 473. The fourth-order valence-corrected chi connectivity index (χ4v) is 2.68. The molecule has 2 rings (SSSR count). The molecule has 0 bridgehead atoms. The first-order valence-electron chi connectivity index (χ1n) is 7.34. The number of aliphatic hydroxyl groups is 1. The van der Waals surface area contributed by atoms with Crippen LogP contribution in [-0.2, 0) is 11.3 Å². The molecule has 1 aliphatic heterocycles. The Labute approximate surface area is 121 Å². The summed E-state index contributed by atoms with van der Waals surface area (Å²) in [4.78, 5) is 2.45. The number of likely N-dealkylation sites (tertiary alicyclic amines) is 1. The van der Waals surface area contributed by atoms with E-state index in [9.17, 15) is 0 Å². The van der Waals surface area contributed by atoms with E-state index < -0.39 is 0 Å². The maximum absolute atomic E-state index is 8.74. The third kappa shape index (κ3) is 4.64. The van der Waals surface area contributed by atoms with Gasteiger partial charge in [0.15, 0.2) is 0 Å². The fourth-order valence-electron chi connectivity index (χ4n) is 2.68. The van der Waals surface area contributed by atoms with Gasteiger partial charge in [0.1, 0.15) is 6.61 Å². The SMILES string of the molecule is CCOC1CCCN(Cc2cccc(C#CCO)c2)C1. The summed E-state index contributed by atoms with van der Waals surface area (Å²) in [5.74, 6) is 5.65. The third-order valence-corrected chi connectivity index (χ3v) is 3.51. The minimum atomic E-state index is -0.0909. The zero-order valence-corrected chi connectivity index (χ0v) is 12.1. The van der Waals surface area contributed by atoms with E-state index in [0.29, 0.717) is 6.10 Å². The molecule has 1 heterocycles. The van der Waals surface area contributed by atoms with E-state index in [1.54, 1.807) is 0 Å². The van der Waals surface area contributed by atoms with Crippen LogP contribution in [-0.4, -0.2) is 42.4 Å². The summed E-state index contributed by atoms with van der Waals surface area (Å²) in [6.45, 7) is 5.86. The lowest BCUT2D eigenvalue weighted by Crippen LogP contribution is -2.39. The second-order valence-electron chi connectivity index (χ2n) is 5.11. The highest BCUT2D eigenvalue weighted by Crippen LogP contribution is 2.16. The highest BCUT2D eigenvalue weighted by Gasteiger charge is 2.19. The monoisotopic (exact) mass is 273 g/mol. The number of nitrogens with zero attached hydrogens (tertiary/aromatic N) is 1. The van der Waals surface area contributed by atoms with Crippen LogP contribution in [0.3, 0.4) is 0 Å². The van der Waals surface area contributed by atoms with E-state index in [4.69, 9.17) is 9.84 Å². The van der Waals surface area contributed by atoms with Crippen LogP contribution < -0.4 is 0 Å². The van der Waals surface area contributed by atoms with Gasteiger partial charge in [-0.25, -0.2) is 0 Å². The molecule has 1 aromatic rings. The van der Waals surface area contributed by atoms with Crippen molar-refractivity contribution in [2.24, 2.45) is 0 Å². The molecule has 108 valence electrons. The van der Waals surface area contributed by atoms with Gasteiger partial charge in [0.25, 0.3) is 0 Å². The molecule has 3 nitrogen and oxygen atoms in total. The molecule has 1 fully saturated rings. The van der Waals surface area contributed by atoms with Gasteiger partial charge in [-0.2, -0.15) is 0 Å². The summed E-state index contributed by atoms with van der Waals surface area (Å²) < 4.78 is 5.74. The Kier molecular flexibility index (Phi) is 6.07. The van der Waals surface area contributed by atoms with Crippen LogP contribution in [0.5, 0.6) is 0 Å². The smallest absolute Gasteiger partial charge is 0.104 e. The molecule has 0 radical (unpaired) electrons. The molecule has 1 aliphatic rings. The molecule has 1 N–H and O–H groups in total. The normalized spacial score (nSPS) is 19.4. The first-order valence-corrected chi connectivity index (χ1v) is 7.34. The number of piperidine rings is 1. The van der Waals surface area contributed by atoms with E-state index in [1.165, 1.54) is 18.4 Å². The Morgan fingerprint density at radius 1 is 1.45 bits per heavy atom. The molecular formula is C17H23NO2. The summed E-state index contributed by atoms with van der Waals surface area (Å²) in [5, 5.41) is 8.74. The molecule has 0 saturated carbocycles. The maximum Gasteiger partial charge on any atom is 0.104 e. The van der Waals surface area contributed by atoms with Gasteiger partial charge in [-0.15, -0.1) is 0 Å². The summed E-state index contributed by atoms with van der Waals surface area (Å²) in [6.07, 6.45) is 2.76. The van der Waals surface area contributed by atoms with Crippen molar-refractivity contribution in [1.82, 2.24) is 4.90 Å². The van der Waals surface area contributed by atoms with Crippen molar-refractivity contribution in [2.75, 3.05) is 26.3 Å². The Morgan fingerprint density at radius 3 is 3.15 bits per heavy atom. The van der Waals surface area contributed by atoms with E-state index >= 15 is 0 Å². The van der Waals surface area contributed by atoms with E-state index in [0.717, 1.165) is 31.8 Å². The highest BCUT2D eigenvalue weighted by atomic mass is 16.5. The maximum atomic E-state index is 8.74. The van der Waals surface area contributed by atoms with Crippen LogP contribution >= 0.6 is 0 Å². The van der Waals surface area contributed by atoms with Crippen molar-refractivity contribution in [3.05, 3.63) is 35.4 Å². The minimum Gasteiger partial charge on any atom is -0.384 e. The molecule has 20 heavy (non-hydrogen) atoms. The van der Waals surface area contributed by atoms with Crippen molar-refractivity contribution in [1.29, 1.82) is 0 Å². The van der Waals surface area contributed by atoms with Gasteiger partial charge in [-0.3, -0.25) is 4.90 Å². The van der Waals surface area contributed by atoms with E-state index in [1.807, 2.05) is 12.1 Å². The number of benzene rings is 1. The fraction of sp³-hybridized carbons (Fsp3) is 0.529. The molecule has 3 heteroatoms. The average molecular weight is 273 g/mol. The second-order valence-corrected chi connectivity index (χ2v) is 5.11. The van der Waals surface area contributed by atoms with Crippen LogP contribution in [0.4, 0.5) is 0 Å². The van der Waals surface area contributed by atoms with Crippen molar-refractivity contribution < 1.29 is 9.84 Å². The molecule has 0 spiro atoms. The largest absolute Gasteiger partial charge is 0.384 e. The number of ether oxygens (including phenoxy) is 1. The zero-order chi connectivity index (χ0) is 14.2. The highest BCUT2D eigenvalue weighted by molar-refractivity contribution is 5.37. The quantitative estimate of drug-likeness (QED) is 0.852. The first kappa shape index (κ1) is 15.1. The number of hydrogen-bond donors (Lipinski definition) is 1. The minimum absolute atomic E-state index is 0.0909. The van der Waals surface area contributed by atoms with E-state index in [-0.39, 0.29) is 6.61 Å². The number of hydrogen-bond acceptors (Lipinski definition) is 3. The van der Waals surface area contributed by atoms with Gasteiger partial charge >= 0.3 is 0 Å². The summed E-state index contributed by atoms with van der Waals surface area (Å²) in [6, 6.07) is 8.24. The predicted octanol–water partition coefficient (Wildman–Crippen LogP) is 2.03. The predicted molar refractivity (Wildman–Crippen MR) is 80.3 cm³/mol. The van der Waals surface area contributed by atoms with E-state index in [2.05, 4.69) is 35.8 Å². The van der Waals surface area contributed by atoms with Crippen molar-refractivity contribution in [2.45, 2.75) is 32.4 Å². The zero-order valence-electron chi connectivity index (χ0n) is 12.1. The molecule has 0 aromatic heterocycles. The summed E-state index contributed by atoms with van der Waals surface area (Å²) in [7, 11) is 0. The van der Waals surface area contributed by atoms with Crippen molar-refractivity contribution >= 4 is 0 Å². The van der Waals surface area contributed by atoms with Crippen LogP contribution in [0, 0.1) is 11.8 Å². The molecule has 1 aromatic carbocycles. The lowest BCUT2D eigenvalue weighted by Gasteiger charge is -2.32. The average Bonchev–Trinajstić information content (AvgIpc) is 2.46. The Morgan fingerprint density at radius 2 is 2.35 bits per heavy atom. The number of rotatable bonds is 4. The molecule has 1 saturated heterocycles. The molecule has 0 aliphatic carbocycles. The van der Waals surface area contributed by atoms with Gasteiger partial charge in [-0.1, -0.05) is 24.0 Å². The van der Waals surface area contributed by atoms with Crippen LogP contribution in [0.1, 0.15) is 30.9 Å². The van der Waals surface area contributed by atoms with Crippen LogP contribution in [0.15, 0.2) is 24.3 Å².